The fourth-order valence-corrected chi connectivity index (χ4v) is 3.61. The summed E-state index contributed by atoms with van der Waals surface area (Å²) >= 11 is 1.43. The zero-order chi connectivity index (χ0) is 18.8. The van der Waals surface area contributed by atoms with E-state index in [1.54, 1.807) is 46.8 Å². The van der Waals surface area contributed by atoms with Crippen molar-refractivity contribution in [2.24, 2.45) is 0 Å². The average Bonchev–Trinajstić information content (AvgIpc) is 3.41. The summed E-state index contributed by atoms with van der Waals surface area (Å²) in [5.74, 6) is -1.21. The van der Waals surface area contributed by atoms with Gasteiger partial charge in [-0.3, -0.25) is 4.79 Å². The number of fused-ring (bicyclic) bond motifs is 1. The molecule has 7 heteroatoms. The molecule has 0 aliphatic heterocycles. The molecule has 1 aliphatic rings. The lowest BCUT2D eigenvalue weighted by Gasteiger charge is -2.22. The van der Waals surface area contributed by atoms with Crippen molar-refractivity contribution in [2.75, 3.05) is 6.61 Å². The maximum absolute atomic E-state index is 13.9. The smallest absolute Gasteiger partial charge is 0.338 e. The molecule has 0 spiro atoms. The molecule has 1 aromatic heterocycles. The molecule has 1 heterocycles. The Labute approximate surface area is 159 Å². The van der Waals surface area contributed by atoms with Gasteiger partial charge in [-0.2, -0.15) is 0 Å². The molecule has 1 fully saturated rings. The molecular formula is C20H17FN2O3S. The SMILES string of the molecule is O=C(OCC(=O)N(Cc1ccccc1F)C1CC1)c1ccc2ncsc2c1. The van der Waals surface area contributed by atoms with E-state index in [0.29, 0.717) is 11.1 Å². The van der Waals surface area contributed by atoms with Gasteiger partial charge in [0.1, 0.15) is 5.82 Å². The van der Waals surface area contributed by atoms with Crippen molar-refractivity contribution < 1.29 is 18.7 Å². The Morgan fingerprint density at radius 1 is 1.22 bits per heavy atom. The topological polar surface area (TPSA) is 59.5 Å². The third-order valence-corrected chi connectivity index (χ3v) is 5.29. The number of esters is 1. The first-order valence-corrected chi connectivity index (χ1v) is 9.53. The molecule has 2 aromatic carbocycles. The molecule has 0 unspecified atom stereocenters. The number of aromatic nitrogens is 1. The molecular weight excluding hydrogens is 367 g/mol. The fourth-order valence-electron chi connectivity index (χ4n) is 2.89. The van der Waals surface area contributed by atoms with Crippen LogP contribution >= 0.6 is 11.3 Å². The highest BCUT2D eigenvalue weighted by Gasteiger charge is 2.33. The third-order valence-electron chi connectivity index (χ3n) is 4.50. The van der Waals surface area contributed by atoms with Crippen LogP contribution in [0.2, 0.25) is 0 Å². The number of nitrogens with zero attached hydrogens (tertiary/aromatic N) is 2. The summed E-state index contributed by atoms with van der Waals surface area (Å²) in [4.78, 5) is 30.6. The lowest BCUT2D eigenvalue weighted by atomic mass is 10.2. The summed E-state index contributed by atoms with van der Waals surface area (Å²) in [6, 6.07) is 11.6. The molecule has 0 atom stereocenters. The largest absolute Gasteiger partial charge is 0.452 e. The van der Waals surface area contributed by atoms with Gasteiger partial charge in [0, 0.05) is 18.2 Å². The zero-order valence-electron chi connectivity index (χ0n) is 14.4. The van der Waals surface area contributed by atoms with Crippen molar-refractivity contribution in [3.8, 4) is 0 Å². The first kappa shape index (κ1) is 17.6. The summed E-state index contributed by atoms with van der Waals surface area (Å²) < 4.78 is 20.0. The first-order valence-electron chi connectivity index (χ1n) is 8.65. The number of benzene rings is 2. The maximum Gasteiger partial charge on any atom is 0.338 e. The quantitative estimate of drug-likeness (QED) is 0.607. The van der Waals surface area contributed by atoms with E-state index in [2.05, 4.69) is 4.98 Å². The van der Waals surface area contributed by atoms with Crippen LogP contribution in [0.15, 0.2) is 48.0 Å². The Morgan fingerprint density at radius 3 is 2.81 bits per heavy atom. The second kappa shape index (κ2) is 7.44. The van der Waals surface area contributed by atoms with Crippen molar-refractivity contribution in [1.29, 1.82) is 0 Å². The number of halogens is 1. The van der Waals surface area contributed by atoms with Crippen molar-refractivity contribution in [3.63, 3.8) is 0 Å². The molecule has 0 radical (unpaired) electrons. The number of amides is 1. The molecule has 0 bridgehead atoms. The molecule has 1 amide bonds. The van der Waals surface area contributed by atoms with E-state index in [-0.39, 0.29) is 30.9 Å². The Balaban J connectivity index is 1.40. The first-order chi connectivity index (χ1) is 13.1. The predicted molar refractivity (Wildman–Crippen MR) is 99.9 cm³/mol. The lowest BCUT2D eigenvalue weighted by Crippen LogP contribution is -2.36. The highest BCUT2D eigenvalue weighted by Crippen LogP contribution is 2.29. The van der Waals surface area contributed by atoms with Gasteiger partial charge < -0.3 is 9.64 Å². The summed E-state index contributed by atoms with van der Waals surface area (Å²) in [7, 11) is 0. The van der Waals surface area contributed by atoms with Gasteiger partial charge in [-0.05, 0) is 37.1 Å². The second-order valence-corrected chi connectivity index (χ2v) is 7.34. The normalized spacial score (nSPS) is 13.5. The Bertz CT molecular complexity index is 1000. The van der Waals surface area contributed by atoms with Crippen LogP contribution in [-0.4, -0.2) is 34.4 Å². The summed E-state index contributed by atoms with van der Waals surface area (Å²) in [5.41, 5.74) is 3.36. The minimum Gasteiger partial charge on any atom is -0.452 e. The van der Waals surface area contributed by atoms with Crippen LogP contribution in [0.25, 0.3) is 10.2 Å². The number of hydrogen-bond donors (Lipinski definition) is 0. The van der Waals surface area contributed by atoms with Crippen LogP contribution in [0.5, 0.6) is 0 Å². The van der Waals surface area contributed by atoms with Crippen LogP contribution in [-0.2, 0) is 16.1 Å². The van der Waals surface area contributed by atoms with E-state index in [4.69, 9.17) is 4.74 Å². The highest BCUT2D eigenvalue weighted by atomic mass is 32.1. The van der Waals surface area contributed by atoms with Gasteiger partial charge in [-0.1, -0.05) is 18.2 Å². The zero-order valence-corrected chi connectivity index (χ0v) is 15.2. The van der Waals surface area contributed by atoms with Crippen LogP contribution in [0.4, 0.5) is 4.39 Å². The molecule has 3 aromatic rings. The highest BCUT2D eigenvalue weighted by molar-refractivity contribution is 7.16. The standard InChI is InChI=1S/C20H17FN2O3S/c21-16-4-2-1-3-14(16)10-23(15-6-7-15)19(24)11-26-20(25)13-5-8-17-18(9-13)27-12-22-17/h1-5,8-9,12,15H,6-7,10-11H2. The molecule has 138 valence electrons. The van der Waals surface area contributed by atoms with Crippen molar-refractivity contribution in [2.45, 2.75) is 25.4 Å². The molecule has 5 nitrogen and oxygen atoms in total. The van der Waals surface area contributed by atoms with E-state index in [1.807, 2.05) is 0 Å². The maximum atomic E-state index is 13.9. The minimum atomic E-state index is -0.555. The number of thiazole rings is 1. The van der Waals surface area contributed by atoms with Crippen LogP contribution in [0.3, 0.4) is 0 Å². The number of rotatable bonds is 6. The van der Waals surface area contributed by atoms with Crippen LogP contribution in [0.1, 0.15) is 28.8 Å². The average molecular weight is 384 g/mol. The Morgan fingerprint density at radius 2 is 2.04 bits per heavy atom. The van der Waals surface area contributed by atoms with E-state index in [9.17, 15) is 14.0 Å². The summed E-state index contributed by atoms with van der Waals surface area (Å²) in [5, 5.41) is 0. The number of ether oxygens (including phenoxy) is 1. The van der Waals surface area contributed by atoms with Gasteiger partial charge in [0.15, 0.2) is 6.61 Å². The van der Waals surface area contributed by atoms with Gasteiger partial charge in [0.25, 0.3) is 5.91 Å². The van der Waals surface area contributed by atoms with Gasteiger partial charge in [0.05, 0.1) is 21.3 Å². The van der Waals surface area contributed by atoms with Crippen LogP contribution < -0.4 is 0 Å². The van der Waals surface area contributed by atoms with E-state index >= 15 is 0 Å². The monoisotopic (exact) mass is 384 g/mol. The van der Waals surface area contributed by atoms with Crippen LogP contribution in [0, 0.1) is 5.82 Å². The van der Waals surface area contributed by atoms with Crippen molar-refractivity contribution >= 4 is 33.4 Å². The van der Waals surface area contributed by atoms with E-state index < -0.39 is 5.97 Å². The molecule has 1 aliphatic carbocycles. The minimum absolute atomic E-state index is 0.0874. The summed E-state index contributed by atoms with van der Waals surface area (Å²) in [6.07, 6.45) is 1.77. The van der Waals surface area contributed by atoms with E-state index in [0.717, 1.165) is 23.1 Å². The lowest BCUT2D eigenvalue weighted by molar-refractivity contribution is -0.135. The van der Waals surface area contributed by atoms with Crippen molar-refractivity contribution in [1.82, 2.24) is 9.88 Å². The molecule has 4 rings (SSSR count). The number of carbonyl (C=O) groups excluding carboxylic acids is 2. The van der Waals surface area contributed by atoms with Gasteiger partial charge in [0.2, 0.25) is 0 Å². The molecule has 0 N–H and O–H groups in total. The Kier molecular flexibility index (Phi) is 4.85. The van der Waals surface area contributed by atoms with Gasteiger partial charge in [-0.15, -0.1) is 11.3 Å². The number of carbonyl (C=O) groups is 2. The van der Waals surface area contributed by atoms with E-state index in [1.165, 1.54) is 17.4 Å². The summed E-state index contributed by atoms with van der Waals surface area (Å²) in [6.45, 7) is -0.176. The van der Waals surface area contributed by atoms with Crippen molar-refractivity contribution in [3.05, 3.63) is 64.9 Å². The Hall–Kier alpha value is -2.80. The second-order valence-electron chi connectivity index (χ2n) is 6.46. The van der Waals surface area contributed by atoms with Gasteiger partial charge in [-0.25, -0.2) is 14.2 Å². The van der Waals surface area contributed by atoms with Gasteiger partial charge >= 0.3 is 5.97 Å². The molecule has 1 saturated carbocycles. The number of hydrogen-bond acceptors (Lipinski definition) is 5. The predicted octanol–water partition coefficient (Wildman–Crippen LogP) is 3.78. The molecule has 27 heavy (non-hydrogen) atoms. The third kappa shape index (κ3) is 3.98. The molecule has 0 saturated heterocycles. The fraction of sp³-hybridized carbons (Fsp3) is 0.250.